The summed E-state index contributed by atoms with van der Waals surface area (Å²) >= 11 is 1.66. The minimum absolute atomic E-state index is 0.284. The van der Waals surface area contributed by atoms with Gasteiger partial charge in [0, 0.05) is 11.4 Å². The maximum Gasteiger partial charge on any atom is 0.129 e. The lowest BCUT2D eigenvalue weighted by atomic mass is 10.1. The summed E-state index contributed by atoms with van der Waals surface area (Å²) in [5.74, 6) is 0.886. The van der Waals surface area contributed by atoms with Crippen LogP contribution in [0.5, 0.6) is 5.75 Å². The Balaban J connectivity index is 2.32. The Morgan fingerprint density at radius 1 is 1.42 bits per heavy atom. The van der Waals surface area contributed by atoms with Crippen LogP contribution in [0.25, 0.3) is 10.6 Å². The predicted molar refractivity (Wildman–Crippen MR) is 80.9 cm³/mol. The van der Waals surface area contributed by atoms with Gasteiger partial charge >= 0.3 is 0 Å². The van der Waals surface area contributed by atoms with E-state index in [1.54, 1.807) is 18.4 Å². The lowest BCUT2D eigenvalue weighted by Crippen LogP contribution is -2.17. The van der Waals surface area contributed by atoms with Gasteiger partial charge in [-0.3, -0.25) is 0 Å². The van der Waals surface area contributed by atoms with Crippen LogP contribution in [0.4, 0.5) is 0 Å². The van der Waals surface area contributed by atoms with Crippen LogP contribution >= 0.6 is 11.3 Å². The first-order chi connectivity index (χ1) is 9.15. The Hall–Kier alpha value is -1.39. The van der Waals surface area contributed by atoms with Crippen molar-refractivity contribution in [1.29, 1.82) is 0 Å². The summed E-state index contributed by atoms with van der Waals surface area (Å²) in [4.78, 5) is 4.71. The number of aryl methyl sites for hydroxylation is 1. The maximum atomic E-state index is 5.45. The quantitative estimate of drug-likeness (QED) is 0.902. The lowest BCUT2D eigenvalue weighted by Gasteiger charge is -2.09. The van der Waals surface area contributed by atoms with E-state index in [0.29, 0.717) is 0 Å². The molecular formula is C15H20N2OS. The van der Waals surface area contributed by atoms with Crippen LogP contribution in [0.15, 0.2) is 23.6 Å². The average Bonchev–Trinajstić information content (AvgIpc) is 2.88. The first kappa shape index (κ1) is 14.0. The zero-order chi connectivity index (χ0) is 13.8. The molecule has 0 aliphatic rings. The molecular weight excluding hydrogens is 256 g/mol. The van der Waals surface area contributed by atoms with Gasteiger partial charge in [-0.25, -0.2) is 4.98 Å². The average molecular weight is 276 g/mol. The number of nitrogens with zero attached hydrogens (tertiary/aromatic N) is 1. The van der Waals surface area contributed by atoms with Crippen LogP contribution < -0.4 is 10.1 Å². The van der Waals surface area contributed by atoms with E-state index in [1.165, 1.54) is 5.56 Å². The molecule has 1 unspecified atom stereocenters. The van der Waals surface area contributed by atoms with Crippen LogP contribution in [0, 0.1) is 6.92 Å². The van der Waals surface area contributed by atoms with Gasteiger partial charge in [0.15, 0.2) is 0 Å². The van der Waals surface area contributed by atoms with Gasteiger partial charge in [-0.05, 0) is 38.1 Å². The minimum atomic E-state index is 0.284. The molecule has 19 heavy (non-hydrogen) atoms. The third-order valence-electron chi connectivity index (χ3n) is 3.06. The molecule has 1 N–H and O–H groups in total. The van der Waals surface area contributed by atoms with Crippen LogP contribution in [0.2, 0.25) is 0 Å². The summed E-state index contributed by atoms with van der Waals surface area (Å²) in [5, 5.41) is 6.50. The summed E-state index contributed by atoms with van der Waals surface area (Å²) in [5.41, 5.74) is 3.34. The Bertz CT molecular complexity index is 551. The van der Waals surface area contributed by atoms with Gasteiger partial charge in [0.1, 0.15) is 10.8 Å². The zero-order valence-corrected chi connectivity index (χ0v) is 12.7. The van der Waals surface area contributed by atoms with Crippen molar-refractivity contribution in [3.8, 4) is 16.3 Å². The fourth-order valence-electron chi connectivity index (χ4n) is 1.99. The third kappa shape index (κ3) is 3.14. The van der Waals surface area contributed by atoms with Crippen molar-refractivity contribution in [2.24, 2.45) is 0 Å². The highest BCUT2D eigenvalue weighted by Gasteiger charge is 2.13. The summed E-state index contributed by atoms with van der Waals surface area (Å²) < 4.78 is 5.45. The van der Waals surface area contributed by atoms with Crippen molar-refractivity contribution >= 4 is 11.3 Å². The van der Waals surface area contributed by atoms with Crippen LogP contribution in [-0.2, 0) is 0 Å². The van der Waals surface area contributed by atoms with Crippen LogP contribution in [0.1, 0.15) is 31.1 Å². The molecule has 0 radical (unpaired) electrons. The molecule has 0 amide bonds. The van der Waals surface area contributed by atoms with Gasteiger partial charge < -0.3 is 10.1 Å². The topological polar surface area (TPSA) is 34.1 Å². The number of methoxy groups -OCH3 is 1. The molecule has 0 aliphatic carbocycles. The molecule has 2 rings (SSSR count). The molecule has 102 valence electrons. The van der Waals surface area contributed by atoms with Crippen molar-refractivity contribution in [2.75, 3.05) is 13.7 Å². The van der Waals surface area contributed by atoms with E-state index >= 15 is 0 Å². The molecule has 0 saturated carbocycles. The van der Waals surface area contributed by atoms with Crippen LogP contribution in [-0.4, -0.2) is 18.6 Å². The molecule has 0 saturated heterocycles. The first-order valence-electron chi connectivity index (χ1n) is 6.49. The van der Waals surface area contributed by atoms with Gasteiger partial charge in [-0.15, -0.1) is 11.3 Å². The van der Waals surface area contributed by atoms with Crippen LogP contribution in [0.3, 0.4) is 0 Å². The summed E-state index contributed by atoms with van der Waals surface area (Å²) in [6, 6.07) is 6.50. The molecule has 0 bridgehead atoms. The van der Waals surface area contributed by atoms with E-state index in [0.717, 1.165) is 28.6 Å². The molecule has 1 aromatic carbocycles. The van der Waals surface area contributed by atoms with Crippen molar-refractivity contribution in [3.05, 3.63) is 34.8 Å². The SMILES string of the molecule is CCNC(C)c1csc(-c2ccc(C)cc2OC)n1. The highest BCUT2D eigenvalue weighted by Crippen LogP contribution is 2.33. The Labute approximate surface area is 118 Å². The number of benzene rings is 1. The standard InChI is InChI=1S/C15H20N2OS/c1-5-16-11(3)13-9-19-15(17-13)12-7-6-10(2)8-14(12)18-4/h6-9,11,16H,5H2,1-4H3. The second kappa shape index (κ2) is 6.17. The van der Waals surface area contributed by atoms with E-state index in [4.69, 9.17) is 9.72 Å². The molecule has 4 heteroatoms. The molecule has 0 spiro atoms. The molecule has 1 aromatic heterocycles. The third-order valence-corrected chi connectivity index (χ3v) is 3.96. The number of thiazole rings is 1. The van der Waals surface area contributed by atoms with E-state index in [2.05, 4.69) is 43.6 Å². The summed E-state index contributed by atoms with van der Waals surface area (Å²) in [6.07, 6.45) is 0. The van der Waals surface area contributed by atoms with Crippen molar-refractivity contribution < 1.29 is 4.74 Å². The van der Waals surface area contributed by atoms with E-state index in [-0.39, 0.29) is 6.04 Å². The van der Waals surface area contributed by atoms with E-state index < -0.39 is 0 Å². The van der Waals surface area contributed by atoms with E-state index in [9.17, 15) is 0 Å². The molecule has 2 aromatic rings. The summed E-state index contributed by atoms with van der Waals surface area (Å²) in [6.45, 7) is 7.25. The maximum absolute atomic E-state index is 5.45. The normalized spacial score (nSPS) is 12.4. The van der Waals surface area contributed by atoms with Gasteiger partial charge in [-0.2, -0.15) is 0 Å². The molecule has 1 atom stereocenters. The number of aromatic nitrogens is 1. The number of rotatable bonds is 5. The Morgan fingerprint density at radius 3 is 2.89 bits per heavy atom. The van der Waals surface area contributed by atoms with Crippen molar-refractivity contribution in [2.45, 2.75) is 26.8 Å². The van der Waals surface area contributed by atoms with Gasteiger partial charge in [0.2, 0.25) is 0 Å². The minimum Gasteiger partial charge on any atom is -0.496 e. The smallest absolute Gasteiger partial charge is 0.129 e. The van der Waals surface area contributed by atoms with Crippen molar-refractivity contribution in [1.82, 2.24) is 10.3 Å². The Kier molecular flexibility index (Phi) is 4.56. The van der Waals surface area contributed by atoms with Gasteiger partial charge in [0.25, 0.3) is 0 Å². The number of hydrogen-bond donors (Lipinski definition) is 1. The van der Waals surface area contributed by atoms with Gasteiger partial charge in [0.05, 0.1) is 18.4 Å². The first-order valence-corrected chi connectivity index (χ1v) is 7.37. The van der Waals surface area contributed by atoms with Gasteiger partial charge in [-0.1, -0.05) is 13.0 Å². The number of ether oxygens (including phenoxy) is 1. The number of nitrogens with one attached hydrogen (secondary N) is 1. The molecule has 0 fully saturated rings. The highest BCUT2D eigenvalue weighted by molar-refractivity contribution is 7.13. The second-order valence-electron chi connectivity index (χ2n) is 4.56. The largest absolute Gasteiger partial charge is 0.496 e. The second-order valence-corrected chi connectivity index (χ2v) is 5.42. The number of hydrogen-bond acceptors (Lipinski definition) is 4. The summed E-state index contributed by atoms with van der Waals surface area (Å²) in [7, 11) is 1.70. The fraction of sp³-hybridized carbons (Fsp3) is 0.400. The fourth-order valence-corrected chi connectivity index (χ4v) is 2.94. The zero-order valence-electron chi connectivity index (χ0n) is 11.9. The Morgan fingerprint density at radius 2 is 2.21 bits per heavy atom. The molecule has 1 heterocycles. The molecule has 0 aliphatic heterocycles. The predicted octanol–water partition coefficient (Wildman–Crippen LogP) is 3.80. The highest BCUT2D eigenvalue weighted by atomic mass is 32.1. The monoisotopic (exact) mass is 276 g/mol. The van der Waals surface area contributed by atoms with E-state index in [1.807, 2.05) is 6.07 Å². The van der Waals surface area contributed by atoms with Crippen molar-refractivity contribution in [3.63, 3.8) is 0 Å². The lowest BCUT2D eigenvalue weighted by molar-refractivity contribution is 0.416. The molecule has 3 nitrogen and oxygen atoms in total.